The number of alkyl halides is 3. The zero-order chi connectivity index (χ0) is 19.6. The summed E-state index contributed by atoms with van der Waals surface area (Å²) in [6.45, 7) is 0. The molecule has 1 aliphatic heterocycles. The second kappa shape index (κ2) is 7.58. The highest BCUT2D eigenvalue weighted by molar-refractivity contribution is 6.42. The normalized spacial score (nSPS) is 16.1. The van der Waals surface area contributed by atoms with Crippen molar-refractivity contribution in [3.63, 3.8) is 0 Å². The lowest BCUT2D eigenvalue weighted by atomic mass is 10.1. The summed E-state index contributed by atoms with van der Waals surface area (Å²) >= 11 is 12.0. The Labute approximate surface area is 162 Å². The summed E-state index contributed by atoms with van der Waals surface area (Å²) < 4.78 is 44.1. The van der Waals surface area contributed by atoms with E-state index in [2.05, 4.69) is 4.99 Å². The number of hydrogen-bond acceptors (Lipinski definition) is 3. The summed E-state index contributed by atoms with van der Waals surface area (Å²) in [7, 11) is 0. The van der Waals surface area contributed by atoms with Crippen LogP contribution in [0.2, 0.25) is 10.0 Å². The van der Waals surface area contributed by atoms with Crippen molar-refractivity contribution in [3.05, 3.63) is 81.0 Å². The molecule has 3 nitrogen and oxygen atoms in total. The molecule has 8 heteroatoms. The average Bonchev–Trinajstić information content (AvgIpc) is 2.95. The highest BCUT2D eigenvalue weighted by Gasteiger charge is 2.33. The van der Waals surface area contributed by atoms with Crippen LogP contribution in [-0.2, 0) is 15.7 Å². The minimum atomic E-state index is -4.55. The summed E-state index contributed by atoms with van der Waals surface area (Å²) in [5, 5.41) is 0.670. The van der Waals surface area contributed by atoms with Gasteiger partial charge in [0.05, 0.1) is 15.6 Å². The first-order chi connectivity index (χ1) is 12.8. The van der Waals surface area contributed by atoms with Crippen LogP contribution >= 0.6 is 23.2 Å². The summed E-state index contributed by atoms with van der Waals surface area (Å²) in [5.74, 6) is -0.907. The SMILES string of the molecule is O=C1OC(C=Cc2cccc(Cl)c2Cl)=NC1=Cc1ccccc1C(F)(F)F. The number of halogens is 5. The molecule has 2 aromatic rings. The zero-order valence-corrected chi connectivity index (χ0v) is 14.9. The fraction of sp³-hybridized carbons (Fsp3) is 0.0526. The zero-order valence-electron chi connectivity index (χ0n) is 13.4. The largest absolute Gasteiger partial charge is 0.416 e. The molecule has 2 aromatic carbocycles. The van der Waals surface area contributed by atoms with Gasteiger partial charge in [0.15, 0.2) is 5.70 Å². The van der Waals surface area contributed by atoms with E-state index in [1.165, 1.54) is 30.4 Å². The van der Waals surface area contributed by atoms with Crippen molar-refractivity contribution in [2.24, 2.45) is 4.99 Å². The Morgan fingerprint density at radius 2 is 1.67 bits per heavy atom. The van der Waals surface area contributed by atoms with Crippen molar-refractivity contribution < 1.29 is 22.7 Å². The molecule has 0 fully saturated rings. The molecule has 0 bridgehead atoms. The maximum Gasteiger partial charge on any atom is 0.416 e. The van der Waals surface area contributed by atoms with E-state index in [1.807, 2.05) is 0 Å². The number of rotatable bonds is 3. The maximum absolute atomic E-state index is 13.1. The Bertz CT molecular complexity index is 995. The summed E-state index contributed by atoms with van der Waals surface area (Å²) in [6.07, 6.45) is -0.594. The molecule has 0 spiro atoms. The van der Waals surface area contributed by atoms with Gasteiger partial charge in [0.1, 0.15) is 0 Å². The van der Waals surface area contributed by atoms with Gasteiger partial charge in [0.25, 0.3) is 0 Å². The van der Waals surface area contributed by atoms with Gasteiger partial charge in [0.2, 0.25) is 5.90 Å². The molecule has 0 N–H and O–H groups in total. The van der Waals surface area contributed by atoms with Crippen LogP contribution in [0.4, 0.5) is 13.2 Å². The first-order valence-electron chi connectivity index (χ1n) is 7.56. The van der Waals surface area contributed by atoms with Gasteiger partial charge >= 0.3 is 12.1 Å². The second-order valence-corrected chi connectivity index (χ2v) is 6.22. The van der Waals surface area contributed by atoms with E-state index in [-0.39, 0.29) is 17.2 Å². The second-order valence-electron chi connectivity index (χ2n) is 5.43. The van der Waals surface area contributed by atoms with Crippen LogP contribution in [0.5, 0.6) is 0 Å². The Kier molecular flexibility index (Phi) is 5.39. The molecule has 138 valence electrons. The third kappa shape index (κ3) is 4.40. The minimum absolute atomic E-state index is 0.0632. The molecule has 27 heavy (non-hydrogen) atoms. The summed E-state index contributed by atoms with van der Waals surface area (Å²) in [5.41, 5.74) is -0.703. The lowest BCUT2D eigenvalue weighted by molar-refractivity contribution is -0.137. The predicted molar refractivity (Wildman–Crippen MR) is 98.4 cm³/mol. The minimum Gasteiger partial charge on any atom is -0.403 e. The number of carbonyl (C=O) groups excluding carboxylic acids is 1. The average molecular weight is 412 g/mol. The molecule has 1 heterocycles. The van der Waals surface area contributed by atoms with Gasteiger partial charge in [0, 0.05) is 6.08 Å². The number of nitrogens with zero attached hydrogens (tertiary/aromatic N) is 1. The fourth-order valence-electron chi connectivity index (χ4n) is 2.34. The molecule has 0 aliphatic carbocycles. The first kappa shape index (κ1) is 19.2. The quantitative estimate of drug-likeness (QED) is 0.457. The Morgan fingerprint density at radius 1 is 0.963 bits per heavy atom. The van der Waals surface area contributed by atoms with Gasteiger partial charge in [-0.05, 0) is 35.4 Å². The molecule has 3 rings (SSSR count). The van der Waals surface area contributed by atoms with Gasteiger partial charge < -0.3 is 4.74 Å². The maximum atomic E-state index is 13.1. The number of carbonyl (C=O) groups is 1. The standard InChI is InChI=1S/C19H10Cl2F3NO2/c20-14-7-3-5-11(17(14)21)8-9-16-25-15(18(26)27-16)10-12-4-1-2-6-13(12)19(22,23)24/h1-10H. The van der Waals surface area contributed by atoms with Crippen molar-refractivity contribution in [1.29, 1.82) is 0 Å². The topological polar surface area (TPSA) is 38.7 Å². The van der Waals surface area contributed by atoms with E-state index >= 15 is 0 Å². The molecule has 0 radical (unpaired) electrons. The van der Waals surface area contributed by atoms with Gasteiger partial charge in [-0.15, -0.1) is 0 Å². The van der Waals surface area contributed by atoms with E-state index in [0.29, 0.717) is 15.6 Å². The third-order valence-corrected chi connectivity index (χ3v) is 4.42. The third-order valence-electron chi connectivity index (χ3n) is 3.58. The number of aliphatic imine (C=N–C) groups is 1. The van der Waals surface area contributed by atoms with E-state index < -0.39 is 17.7 Å². The Hall–Kier alpha value is -2.57. The van der Waals surface area contributed by atoms with Crippen molar-refractivity contribution in [2.45, 2.75) is 6.18 Å². The first-order valence-corrected chi connectivity index (χ1v) is 8.32. The lowest BCUT2D eigenvalue weighted by Gasteiger charge is -2.09. The fourth-order valence-corrected chi connectivity index (χ4v) is 2.71. The number of benzene rings is 2. The van der Waals surface area contributed by atoms with E-state index in [9.17, 15) is 18.0 Å². The van der Waals surface area contributed by atoms with E-state index in [0.717, 1.165) is 12.1 Å². The van der Waals surface area contributed by atoms with Crippen molar-refractivity contribution >= 4 is 47.2 Å². The predicted octanol–water partition coefficient (Wildman–Crippen LogP) is 6.02. The highest BCUT2D eigenvalue weighted by atomic mass is 35.5. The number of esters is 1. The smallest absolute Gasteiger partial charge is 0.403 e. The molecule has 0 saturated carbocycles. The Balaban J connectivity index is 1.90. The summed E-state index contributed by atoms with van der Waals surface area (Å²) in [4.78, 5) is 15.8. The molecule has 0 atom stereocenters. The van der Waals surface area contributed by atoms with Crippen molar-refractivity contribution in [3.8, 4) is 0 Å². The van der Waals surface area contributed by atoms with Crippen LogP contribution < -0.4 is 0 Å². The number of cyclic esters (lactones) is 1. The monoisotopic (exact) mass is 411 g/mol. The van der Waals surface area contributed by atoms with Crippen LogP contribution in [0.3, 0.4) is 0 Å². The molecule has 0 amide bonds. The van der Waals surface area contributed by atoms with Crippen LogP contribution in [0.15, 0.2) is 59.2 Å². The molecule has 0 unspecified atom stereocenters. The number of hydrogen-bond donors (Lipinski definition) is 0. The molecule has 0 aromatic heterocycles. The van der Waals surface area contributed by atoms with Crippen molar-refractivity contribution in [1.82, 2.24) is 0 Å². The molecule has 1 aliphatic rings. The van der Waals surface area contributed by atoms with Crippen LogP contribution in [0, 0.1) is 0 Å². The van der Waals surface area contributed by atoms with Crippen LogP contribution in [0.25, 0.3) is 12.2 Å². The highest BCUT2D eigenvalue weighted by Crippen LogP contribution is 2.33. The van der Waals surface area contributed by atoms with E-state index in [4.69, 9.17) is 27.9 Å². The lowest BCUT2D eigenvalue weighted by Crippen LogP contribution is -2.07. The van der Waals surface area contributed by atoms with Crippen molar-refractivity contribution in [2.75, 3.05) is 0 Å². The summed E-state index contributed by atoms with van der Waals surface area (Å²) in [6, 6.07) is 9.88. The van der Waals surface area contributed by atoms with Crippen LogP contribution in [0.1, 0.15) is 16.7 Å². The van der Waals surface area contributed by atoms with Gasteiger partial charge in [-0.2, -0.15) is 13.2 Å². The van der Waals surface area contributed by atoms with E-state index in [1.54, 1.807) is 18.2 Å². The van der Waals surface area contributed by atoms with Crippen LogP contribution in [-0.4, -0.2) is 11.9 Å². The van der Waals surface area contributed by atoms with Gasteiger partial charge in [-0.3, -0.25) is 0 Å². The van der Waals surface area contributed by atoms with Gasteiger partial charge in [-0.1, -0.05) is 53.5 Å². The Morgan fingerprint density at radius 3 is 2.41 bits per heavy atom. The molecular weight excluding hydrogens is 402 g/mol. The number of ether oxygens (including phenoxy) is 1. The van der Waals surface area contributed by atoms with Gasteiger partial charge in [-0.25, -0.2) is 9.79 Å². The molecule has 0 saturated heterocycles. The molecular formula is C19H10Cl2F3NO2.